The molecule has 0 radical (unpaired) electrons. The summed E-state index contributed by atoms with van der Waals surface area (Å²) in [7, 11) is 1.43. The number of carbonyl (C=O) groups excluding carboxylic acids is 2. The Hall–Kier alpha value is -2.08. The standard InChI is InChI=1S/C15H13IN2O6S/c1-7(19)17-15-18-14(22)11(25-15)5-8-3-9(16)13(10(4-8)23-2)24-6-12(20)21/h3-5H,6H2,1-2H3,(H,20,21)(H,17,18,19,22)/b11-5+. The van der Waals surface area contributed by atoms with Crippen molar-refractivity contribution >= 4 is 63.4 Å². The maximum Gasteiger partial charge on any atom is 0.341 e. The highest BCUT2D eigenvalue weighted by Crippen LogP contribution is 2.36. The molecule has 8 nitrogen and oxygen atoms in total. The molecule has 10 heteroatoms. The van der Waals surface area contributed by atoms with Gasteiger partial charge in [-0.25, -0.2) is 4.79 Å². The lowest BCUT2D eigenvalue weighted by Gasteiger charge is -2.12. The molecule has 1 aromatic rings. The van der Waals surface area contributed by atoms with Crippen LogP contribution in [0.5, 0.6) is 11.5 Å². The number of benzene rings is 1. The van der Waals surface area contributed by atoms with Gasteiger partial charge in [0.05, 0.1) is 15.6 Å². The maximum absolute atomic E-state index is 11.9. The van der Waals surface area contributed by atoms with Crippen molar-refractivity contribution in [1.82, 2.24) is 5.32 Å². The van der Waals surface area contributed by atoms with Gasteiger partial charge in [0.2, 0.25) is 5.91 Å². The number of amides is 2. The van der Waals surface area contributed by atoms with Crippen LogP contribution in [0.25, 0.3) is 6.08 Å². The quantitative estimate of drug-likeness (QED) is 0.493. The van der Waals surface area contributed by atoms with Crippen LogP contribution in [-0.4, -0.2) is 41.8 Å². The van der Waals surface area contributed by atoms with Crippen molar-refractivity contribution in [2.24, 2.45) is 4.99 Å². The zero-order chi connectivity index (χ0) is 18.6. The molecular weight excluding hydrogens is 463 g/mol. The average molecular weight is 476 g/mol. The normalized spacial score (nSPS) is 15.1. The first-order chi connectivity index (χ1) is 11.8. The highest BCUT2D eigenvalue weighted by atomic mass is 127. The Morgan fingerprint density at radius 1 is 1.44 bits per heavy atom. The first-order valence-corrected chi connectivity index (χ1v) is 8.72. The summed E-state index contributed by atoms with van der Waals surface area (Å²) in [6.45, 7) is 0.841. The van der Waals surface area contributed by atoms with Crippen molar-refractivity contribution in [3.63, 3.8) is 0 Å². The Balaban J connectivity index is 2.26. The molecule has 0 atom stereocenters. The lowest BCUT2D eigenvalue weighted by Crippen LogP contribution is -2.23. The molecule has 1 aliphatic rings. The van der Waals surface area contributed by atoms with Crippen LogP contribution in [0.3, 0.4) is 0 Å². The second-order valence-electron chi connectivity index (χ2n) is 4.73. The predicted octanol–water partition coefficient (Wildman–Crippen LogP) is 1.87. The minimum Gasteiger partial charge on any atom is -0.493 e. The number of carboxylic acid groups (broad SMARTS) is 1. The minimum absolute atomic E-state index is 0.229. The number of thioether (sulfide) groups is 1. The molecule has 0 saturated heterocycles. The molecule has 1 heterocycles. The second-order valence-corrected chi connectivity index (χ2v) is 6.92. The van der Waals surface area contributed by atoms with E-state index < -0.39 is 18.5 Å². The number of hydrogen-bond donors (Lipinski definition) is 2. The van der Waals surface area contributed by atoms with Crippen LogP contribution >= 0.6 is 34.4 Å². The van der Waals surface area contributed by atoms with Gasteiger partial charge in [-0.1, -0.05) is 0 Å². The van der Waals surface area contributed by atoms with Gasteiger partial charge in [-0.3, -0.25) is 9.59 Å². The van der Waals surface area contributed by atoms with Gasteiger partial charge in [-0.15, -0.1) is 0 Å². The highest BCUT2D eigenvalue weighted by Gasteiger charge is 2.23. The van der Waals surface area contributed by atoms with E-state index in [1.807, 2.05) is 22.6 Å². The van der Waals surface area contributed by atoms with Crippen LogP contribution in [0.15, 0.2) is 22.0 Å². The largest absolute Gasteiger partial charge is 0.493 e. The SMILES string of the molecule is COc1cc(/C=C2/SC(NC(C)=O)=NC2=O)cc(I)c1OCC(=O)O. The number of rotatable bonds is 5. The fraction of sp³-hybridized carbons (Fsp3) is 0.200. The summed E-state index contributed by atoms with van der Waals surface area (Å²) in [5.41, 5.74) is 0.652. The molecule has 132 valence electrons. The minimum atomic E-state index is -1.10. The molecule has 2 N–H and O–H groups in total. The van der Waals surface area contributed by atoms with E-state index in [1.165, 1.54) is 14.0 Å². The van der Waals surface area contributed by atoms with Crippen molar-refractivity contribution in [3.05, 3.63) is 26.2 Å². The van der Waals surface area contributed by atoms with E-state index in [4.69, 9.17) is 14.6 Å². The molecule has 1 aromatic carbocycles. The molecule has 0 unspecified atom stereocenters. The van der Waals surface area contributed by atoms with Crippen LogP contribution in [0.1, 0.15) is 12.5 Å². The molecule has 1 aliphatic heterocycles. The number of methoxy groups -OCH3 is 1. The van der Waals surface area contributed by atoms with E-state index in [2.05, 4.69) is 10.3 Å². The van der Waals surface area contributed by atoms with Crippen LogP contribution in [0.4, 0.5) is 0 Å². The van der Waals surface area contributed by atoms with Crippen molar-refractivity contribution in [3.8, 4) is 11.5 Å². The molecule has 0 bridgehead atoms. The molecule has 2 rings (SSSR count). The zero-order valence-corrected chi connectivity index (χ0v) is 16.1. The van der Waals surface area contributed by atoms with Crippen molar-refractivity contribution in [2.75, 3.05) is 13.7 Å². The number of halogens is 1. The van der Waals surface area contributed by atoms with Gasteiger partial charge in [0.15, 0.2) is 23.3 Å². The molecule has 0 saturated carbocycles. The summed E-state index contributed by atoms with van der Waals surface area (Å²) >= 11 is 3.05. The molecule has 2 amide bonds. The van der Waals surface area contributed by atoms with E-state index >= 15 is 0 Å². The van der Waals surface area contributed by atoms with Gasteiger partial charge in [0.1, 0.15) is 0 Å². The average Bonchev–Trinajstić information content (AvgIpc) is 2.84. The van der Waals surface area contributed by atoms with Gasteiger partial charge >= 0.3 is 5.97 Å². The van der Waals surface area contributed by atoms with E-state index in [0.717, 1.165) is 11.8 Å². The number of nitrogens with one attached hydrogen (secondary N) is 1. The number of ether oxygens (including phenoxy) is 2. The van der Waals surface area contributed by atoms with Crippen LogP contribution in [0, 0.1) is 3.57 Å². The Morgan fingerprint density at radius 3 is 2.76 bits per heavy atom. The lowest BCUT2D eigenvalue weighted by molar-refractivity contribution is -0.139. The summed E-state index contributed by atoms with van der Waals surface area (Å²) in [5, 5.41) is 11.4. The number of hydrogen-bond acceptors (Lipinski definition) is 6. The molecule has 0 spiro atoms. The fourth-order valence-electron chi connectivity index (χ4n) is 1.86. The smallest absolute Gasteiger partial charge is 0.341 e. The Kier molecular flexibility index (Phi) is 6.42. The van der Waals surface area contributed by atoms with Crippen molar-refractivity contribution in [2.45, 2.75) is 6.92 Å². The molecule has 0 fully saturated rings. The van der Waals surface area contributed by atoms with Gasteiger partial charge in [0, 0.05) is 6.92 Å². The number of carboxylic acids is 1. The molecular formula is C15H13IN2O6S. The lowest BCUT2D eigenvalue weighted by atomic mass is 10.2. The van der Waals surface area contributed by atoms with Crippen LogP contribution in [0.2, 0.25) is 0 Å². The molecule has 0 aliphatic carbocycles. The van der Waals surface area contributed by atoms with E-state index in [1.54, 1.807) is 18.2 Å². The van der Waals surface area contributed by atoms with Gasteiger partial charge in [-0.2, -0.15) is 4.99 Å². The second kappa shape index (κ2) is 8.34. The summed E-state index contributed by atoms with van der Waals surface area (Å²) in [4.78, 5) is 37.7. The zero-order valence-electron chi connectivity index (χ0n) is 13.2. The first kappa shape index (κ1) is 19.2. The highest BCUT2D eigenvalue weighted by molar-refractivity contribution is 14.1. The third-order valence-corrected chi connectivity index (χ3v) is 4.49. The third kappa shape index (κ3) is 5.19. The van der Waals surface area contributed by atoms with Crippen LogP contribution in [-0.2, 0) is 14.4 Å². The van der Waals surface area contributed by atoms with Crippen LogP contribution < -0.4 is 14.8 Å². The summed E-state index contributed by atoms with van der Waals surface area (Å²) in [6.07, 6.45) is 1.61. The summed E-state index contributed by atoms with van der Waals surface area (Å²) in [6, 6.07) is 3.34. The van der Waals surface area contributed by atoms with Crippen molar-refractivity contribution in [1.29, 1.82) is 0 Å². The van der Waals surface area contributed by atoms with Gasteiger partial charge < -0.3 is 19.9 Å². The Labute approximate surface area is 160 Å². The number of amidine groups is 1. The third-order valence-electron chi connectivity index (χ3n) is 2.79. The number of nitrogens with zero attached hydrogens (tertiary/aromatic N) is 1. The number of aliphatic carboxylic acids is 1. The maximum atomic E-state index is 11.9. The summed E-state index contributed by atoms with van der Waals surface area (Å²) in [5.74, 6) is -1.20. The predicted molar refractivity (Wildman–Crippen MR) is 101 cm³/mol. The monoisotopic (exact) mass is 476 g/mol. The van der Waals surface area contributed by atoms with Gasteiger partial charge in [-0.05, 0) is 58.1 Å². The van der Waals surface area contributed by atoms with E-state index in [0.29, 0.717) is 25.5 Å². The number of carbonyl (C=O) groups is 3. The fourth-order valence-corrected chi connectivity index (χ4v) is 3.50. The molecule has 0 aromatic heterocycles. The Bertz CT molecular complexity index is 805. The van der Waals surface area contributed by atoms with Gasteiger partial charge in [0.25, 0.3) is 5.91 Å². The summed E-state index contributed by atoms with van der Waals surface area (Å²) < 4.78 is 11.1. The molecule has 25 heavy (non-hydrogen) atoms. The Morgan fingerprint density at radius 2 is 2.16 bits per heavy atom. The topological polar surface area (TPSA) is 114 Å². The number of aliphatic imine (C=N–C) groups is 1. The first-order valence-electron chi connectivity index (χ1n) is 6.82. The van der Waals surface area contributed by atoms with E-state index in [9.17, 15) is 14.4 Å². The van der Waals surface area contributed by atoms with Crippen molar-refractivity contribution < 1.29 is 29.0 Å². The van der Waals surface area contributed by atoms with E-state index in [-0.39, 0.29) is 11.1 Å².